The van der Waals surface area contributed by atoms with Crippen molar-refractivity contribution in [2.75, 3.05) is 11.1 Å². The monoisotopic (exact) mass is 410 g/mol. The third kappa shape index (κ3) is 5.13. The number of thioether (sulfide) groups is 1. The number of alkyl halides is 3. The van der Waals surface area contributed by atoms with E-state index >= 15 is 0 Å². The summed E-state index contributed by atoms with van der Waals surface area (Å²) in [6, 6.07) is 8.48. The predicted octanol–water partition coefficient (Wildman–Crippen LogP) is 4.54. The number of aromatic nitrogens is 1. The zero-order valence-corrected chi connectivity index (χ0v) is 15.3. The highest BCUT2D eigenvalue weighted by Gasteiger charge is 2.35. The highest BCUT2D eigenvalue weighted by Crippen LogP contribution is 2.35. The quantitative estimate of drug-likeness (QED) is 0.747. The van der Waals surface area contributed by atoms with Crippen LogP contribution < -0.4 is 5.32 Å². The molecule has 0 aliphatic heterocycles. The molecule has 0 aliphatic carbocycles. The first-order valence-corrected chi connectivity index (χ1v) is 8.63. The van der Waals surface area contributed by atoms with Crippen molar-refractivity contribution in [1.29, 1.82) is 10.5 Å². The van der Waals surface area contributed by atoms with Crippen LogP contribution >= 0.6 is 23.4 Å². The smallest absolute Gasteiger partial charge is 0.324 e. The van der Waals surface area contributed by atoms with Crippen molar-refractivity contribution < 1.29 is 18.0 Å². The van der Waals surface area contributed by atoms with Gasteiger partial charge in [0.2, 0.25) is 5.91 Å². The Bertz CT molecular complexity index is 980. The Balaban J connectivity index is 2.21. The average molecular weight is 411 g/mol. The van der Waals surface area contributed by atoms with Crippen molar-refractivity contribution in [3.05, 3.63) is 51.7 Å². The molecule has 0 aliphatic rings. The first-order valence-electron chi connectivity index (χ1n) is 7.27. The number of amides is 1. The number of pyridine rings is 1. The number of carbonyl (C=O) groups is 1. The number of nitriles is 2. The largest absolute Gasteiger partial charge is 0.417 e. The number of halogens is 4. The normalized spacial score (nSPS) is 10.8. The maximum Gasteiger partial charge on any atom is 0.417 e. The van der Waals surface area contributed by atoms with Crippen LogP contribution in [-0.2, 0) is 11.0 Å². The number of carbonyl (C=O) groups excluding carboxylic acids is 1. The van der Waals surface area contributed by atoms with Crippen molar-refractivity contribution in [3.63, 3.8) is 0 Å². The Morgan fingerprint density at radius 2 is 2.00 bits per heavy atom. The summed E-state index contributed by atoms with van der Waals surface area (Å²) in [5.41, 5.74) is -1.29. The zero-order chi connectivity index (χ0) is 20.2. The summed E-state index contributed by atoms with van der Waals surface area (Å²) in [6.07, 6.45) is -4.71. The molecule has 2 aromatic rings. The number of hydrogen-bond acceptors (Lipinski definition) is 5. The summed E-state index contributed by atoms with van der Waals surface area (Å²) in [4.78, 5) is 16.0. The Hall–Kier alpha value is -2.75. The molecule has 0 saturated heterocycles. The van der Waals surface area contributed by atoms with Gasteiger partial charge in [-0.3, -0.25) is 4.79 Å². The third-order valence-electron chi connectivity index (χ3n) is 3.25. The topological polar surface area (TPSA) is 89.6 Å². The highest BCUT2D eigenvalue weighted by atomic mass is 35.5. The second-order valence-corrected chi connectivity index (χ2v) is 6.64. The molecule has 1 heterocycles. The van der Waals surface area contributed by atoms with E-state index in [0.717, 1.165) is 6.07 Å². The van der Waals surface area contributed by atoms with Gasteiger partial charge in [-0.15, -0.1) is 0 Å². The van der Waals surface area contributed by atoms with Crippen molar-refractivity contribution >= 4 is 35.0 Å². The molecule has 1 aromatic carbocycles. The highest BCUT2D eigenvalue weighted by molar-refractivity contribution is 8.00. The van der Waals surface area contributed by atoms with Crippen LogP contribution in [0.4, 0.5) is 18.9 Å². The van der Waals surface area contributed by atoms with Gasteiger partial charge >= 0.3 is 6.18 Å². The fraction of sp³-hybridized carbons (Fsp3) is 0.176. The van der Waals surface area contributed by atoms with Gasteiger partial charge in [-0.1, -0.05) is 23.4 Å². The lowest BCUT2D eigenvalue weighted by Gasteiger charge is -2.13. The van der Waals surface area contributed by atoms with Gasteiger partial charge in [0.05, 0.1) is 28.1 Å². The summed E-state index contributed by atoms with van der Waals surface area (Å²) in [6.45, 7) is 1.37. The van der Waals surface area contributed by atoms with E-state index in [1.165, 1.54) is 31.2 Å². The van der Waals surface area contributed by atoms with Crippen LogP contribution in [0.3, 0.4) is 0 Å². The summed E-state index contributed by atoms with van der Waals surface area (Å²) in [7, 11) is 0. The van der Waals surface area contributed by atoms with Gasteiger partial charge in [-0.05, 0) is 31.2 Å². The van der Waals surface area contributed by atoms with Crippen LogP contribution in [0, 0.1) is 29.6 Å². The van der Waals surface area contributed by atoms with E-state index in [1.807, 2.05) is 6.07 Å². The Morgan fingerprint density at radius 3 is 2.59 bits per heavy atom. The van der Waals surface area contributed by atoms with E-state index in [0.29, 0.717) is 16.8 Å². The molecule has 1 N–H and O–H groups in total. The Morgan fingerprint density at radius 1 is 1.30 bits per heavy atom. The van der Waals surface area contributed by atoms with Crippen LogP contribution in [-0.4, -0.2) is 16.6 Å². The molecule has 0 spiro atoms. The molecule has 1 aromatic heterocycles. The molecular weight excluding hydrogens is 401 g/mol. The lowest BCUT2D eigenvalue weighted by molar-refractivity contribution is -0.138. The van der Waals surface area contributed by atoms with E-state index in [2.05, 4.69) is 10.3 Å². The van der Waals surface area contributed by atoms with Crippen molar-refractivity contribution in [2.24, 2.45) is 0 Å². The number of benzene rings is 1. The van der Waals surface area contributed by atoms with Gasteiger partial charge in [0.1, 0.15) is 17.2 Å². The maximum absolute atomic E-state index is 13.1. The number of anilines is 1. The molecule has 10 heteroatoms. The van der Waals surface area contributed by atoms with Crippen molar-refractivity contribution in [2.45, 2.75) is 18.1 Å². The standard InChI is InChI=1S/C17H10ClF3N4OS/c1-9-4-13(17(19,20)21)12(7-23)16(24-9)27-8-15(26)25-14-5-11(18)3-2-10(14)6-22/h2-5H,8H2,1H3,(H,25,26). The van der Waals surface area contributed by atoms with Gasteiger partial charge < -0.3 is 5.32 Å². The van der Waals surface area contributed by atoms with E-state index < -0.39 is 23.2 Å². The molecule has 0 saturated carbocycles. The van der Waals surface area contributed by atoms with Crippen molar-refractivity contribution in [1.82, 2.24) is 4.98 Å². The van der Waals surface area contributed by atoms with Gasteiger partial charge in [0, 0.05) is 10.7 Å². The SMILES string of the molecule is Cc1cc(C(F)(F)F)c(C#N)c(SCC(=O)Nc2cc(Cl)ccc2C#N)n1. The Labute approximate surface area is 161 Å². The second kappa shape index (κ2) is 8.30. The summed E-state index contributed by atoms with van der Waals surface area (Å²) < 4.78 is 39.3. The summed E-state index contributed by atoms with van der Waals surface area (Å²) in [5, 5.41) is 20.7. The molecule has 0 bridgehead atoms. The van der Waals surface area contributed by atoms with Gasteiger partial charge in [0.15, 0.2) is 0 Å². The zero-order valence-electron chi connectivity index (χ0n) is 13.7. The molecule has 5 nitrogen and oxygen atoms in total. The molecule has 138 valence electrons. The molecule has 2 rings (SSSR count). The average Bonchev–Trinajstić information content (AvgIpc) is 2.59. The summed E-state index contributed by atoms with van der Waals surface area (Å²) >= 11 is 6.53. The van der Waals surface area contributed by atoms with E-state index in [9.17, 15) is 18.0 Å². The number of aryl methyl sites for hydroxylation is 1. The lowest BCUT2D eigenvalue weighted by atomic mass is 10.1. The minimum absolute atomic E-state index is 0.0749. The fourth-order valence-electron chi connectivity index (χ4n) is 2.12. The number of rotatable bonds is 4. The number of nitrogens with one attached hydrogen (secondary N) is 1. The molecule has 27 heavy (non-hydrogen) atoms. The fourth-order valence-corrected chi connectivity index (χ4v) is 3.14. The van der Waals surface area contributed by atoms with E-state index in [1.54, 1.807) is 0 Å². The van der Waals surface area contributed by atoms with Crippen LogP contribution in [0.1, 0.15) is 22.4 Å². The van der Waals surface area contributed by atoms with E-state index in [-0.39, 0.29) is 27.7 Å². The third-order valence-corrected chi connectivity index (χ3v) is 4.46. The molecule has 1 amide bonds. The molecule has 0 radical (unpaired) electrons. The minimum Gasteiger partial charge on any atom is -0.324 e. The van der Waals surface area contributed by atoms with Crippen LogP contribution in [0.5, 0.6) is 0 Å². The van der Waals surface area contributed by atoms with Crippen molar-refractivity contribution in [3.8, 4) is 12.1 Å². The van der Waals surface area contributed by atoms with E-state index in [4.69, 9.17) is 22.1 Å². The van der Waals surface area contributed by atoms with Crippen LogP contribution in [0.25, 0.3) is 0 Å². The second-order valence-electron chi connectivity index (χ2n) is 5.24. The van der Waals surface area contributed by atoms with Crippen LogP contribution in [0.2, 0.25) is 5.02 Å². The molecule has 0 unspecified atom stereocenters. The minimum atomic E-state index is -4.71. The predicted molar refractivity (Wildman–Crippen MR) is 94.2 cm³/mol. The van der Waals surface area contributed by atoms with Crippen LogP contribution in [0.15, 0.2) is 29.3 Å². The molecule has 0 fully saturated rings. The first-order chi connectivity index (χ1) is 12.7. The molecular formula is C17H10ClF3N4OS. The number of nitrogens with zero attached hydrogens (tertiary/aromatic N) is 3. The van der Waals surface area contributed by atoms with Gasteiger partial charge in [-0.25, -0.2) is 4.98 Å². The Kier molecular flexibility index (Phi) is 6.32. The lowest BCUT2D eigenvalue weighted by Crippen LogP contribution is -2.16. The first kappa shape index (κ1) is 20.6. The number of hydrogen-bond donors (Lipinski definition) is 1. The molecule has 0 atom stereocenters. The summed E-state index contributed by atoms with van der Waals surface area (Å²) in [5.74, 6) is -0.890. The maximum atomic E-state index is 13.1. The van der Waals surface area contributed by atoms with Gasteiger partial charge in [0.25, 0.3) is 0 Å². The van der Waals surface area contributed by atoms with Gasteiger partial charge in [-0.2, -0.15) is 23.7 Å².